The van der Waals surface area contributed by atoms with Gasteiger partial charge in [0, 0.05) is 44.1 Å². The number of halogens is 2. The van der Waals surface area contributed by atoms with Crippen LogP contribution >= 0.6 is 38.5 Å². The minimum atomic E-state index is 0.407. The first-order valence-corrected chi connectivity index (χ1v) is 11.6. The lowest BCUT2D eigenvalue weighted by Gasteiger charge is -2.36. The summed E-state index contributed by atoms with van der Waals surface area (Å²) < 4.78 is 2.40. The highest BCUT2D eigenvalue weighted by atomic mass is 127. The Labute approximate surface area is 187 Å². The van der Waals surface area contributed by atoms with Gasteiger partial charge in [0.1, 0.15) is 0 Å². The van der Waals surface area contributed by atoms with E-state index in [-0.39, 0.29) is 0 Å². The van der Waals surface area contributed by atoms with E-state index in [2.05, 4.69) is 132 Å². The van der Waals surface area contributed by atoms with E-state index in [4.69, 9.17) is 0 Å². The molecule has 2 aromatic rings. The predicted molar refractivity (Wildman–Crippen MR) is 131 cm³/mol. The first-order chi connectivity index (χ1) is 12.7. The number of hydrogen-bond donors (Lipinski definition) is 0. The third kappa shape index (κ3) is 6.20. The molecule has 0 aliphatic carbocycles. The maximum Gasteiger partial charge on any atom is 0.0443 e. The Morgan fingerprint density at radius 1 is 0.926 bits per heavy atom. The zero-order chi connectivity index (χ0) is 20.1. The molecule has 0 heterocycles. The Bertz CT molecular complexity index is 720. The zero-order valence-corrected chi connectivity index (χ0v) is 21.1. The van der Waals surface area contributed by atoms with Crippen LogP contribution in [0.4, 0.5) is 11.4 Å². The lowest BCUT2D eigenvalue weighted by Crippen LogP contribution is -2.40. The first kappa shape index (κ1) is 22.7. The van der Waals surface area contributed by atoms with Gasteiger partial charge in [-0.3, -0.25) is 4.90 Å². The number of benzene rings is 2. The van der Waals surface area contributed by atoms with E-state index in [0.29, 0.717) is 18.1 Å². The Hall–Kier alpha value is -0.590. The van der Waals surface area contributed by atoms with Gasteiger partial charge in [-0.25, -0.2) is 0 Å². The van der Waals surface area contributed by atoms with Gasteiger partial charge in [-0.2, -0.15) is 0 Å². The van der Waals surface area contributed by atoms with Gasteiger partial charge < -0.3 is 4.90 Å². The Morgan fingerprint density at radius 3 is 2.04 bits per heavy atom. The van der Waals surface area contributed by atoms with Crippen molar-refractivity contribution in [1.29, 1.82) is 0 Å². The van der Waals surface area contributed by atoms with Gasteiger partial charge in [-0.1, -0.05) is 15.9 Å². The van der Waals surface area contributed by atoms with Gasteiger partial charge in [0.05, 0.1) is 0 Å². The van der Waals surface area contributed by atoms with Gasteiger partial charge >= 0.3 is 0 Å². The summed E-state index contributed by atoms with van der Waals surface area (Å²) in [6.45, 7) is 14.8. The minimum absolute atomic E-state index is 0.407. The van der Waals surface area contributed by atoms with Gasteiger partial charge in [0.15, 0.2) is 0 Å². The summed E-state index contributed by atoms with van der Waals surface area (Å²) in [6, 6.07) is 17.0. The number of rotatable bonds is 8. The van der Waals surface area contributed by atoms with Crippen LogP contribution in [0.5, 0.6) is 0 Å². The first-order valence-electron chi connectivity index (χ1n) is 9.77. The average molecular weight is 543 g/mol. The molecule has 0 N–H and O–H groups in total. The third-order valence-electron chi connectivity index (χ3n) is 5.10. The van der Waals surface area contributed by atoms with E-state index in [1.165, 1.54) is 20.5 Å². The Kier molecular flexibility index (Phi) is 8.63. The maximum absolute atomic E-state index is 3.57. The molecule has 148 valence electrons. The molecule has 0 spiro atoms. The van der Waals surface area contributed by atoms with Crippen molar-refractivity contribution in [2.45, 2.75) is 66.1 Å². The van der Waals surface area contributed by atoms with Crippen LogP contribution in [0.3, 0.4) is 0 Å². The normalized spacial score (nSPS) is 12.9. The van der Waals surface area contributed by atoms with E-state index >= 15 is 0 Å². The Balaban J connectivity index is 2.32. The van der Waals surface area contributed by atoms with Crippen molar-refractivity contribution in [1.82, 2.24) is 4.90 Å². The molecule has 27 heavy (non-hydrogen) atoms. The smallest absolute Gasteiger partial charge is 0.0443 e. The van der Waals surface area contributed by atoms with Crippen molar-refractivity contribution in [3.8, 4) is 0 Å². The summed E-state index contributed by atoms with van der Waals surface area (Å²) in [5, 5.41) is 0. The largest absolute Gasteiger partial charge is 0.338 e. The Morgan fingerprint density at radius 2 is 1.52 bits per heavy atom. The second-order valence-corrected chi connectivity index (χ2v) is 10.0. The van der Waals surface area contributed by atoms with Gasteiger partial charge in [0.25, 0.3) is 0 Å². The number of anilines is 2. The highest BCUT2D eigenvalue weighted by Gasteiger charge is 2.21. The fraction of sp³-hybridized carbons (Fsp3) is 0.478. The average Bonchev–Trinajstić information content (AvgIpc) is 2.58. The van der Waals surface area contributed by atoms with Crippen molar-refractivity contribution >= 4 is 49.9 Å². The minimum Gasteiger partial charge on any atom is -0.338 e. The van der Waals surface area contributed by atoms with E-state index in [9.17, 15) is 0 Å². The van der Waals surface area contributed by atoms with Crippen molar-refractivity contribution in [3.05, 3.63) is 56.1 Å². The summed E-state index contributed by atoms with van der Waals surface area (Å²) >= 11 is 5.96. The van der Waals surface area contributed by atoms with E-state index in [0.717, 1.165) is 17.4 Å². The fourth-order valence-electron chi connectivity index (χ4n) is 3.70. The van der Waals surface area contributed by atoms with Gasteiger partial charge in [-0.15, -0.1) is 0 Å². The highest BCUT2D eigenvalue weighted by Crippen LogP contribution is 2.33. The monoisotopic (exact) mass is 542 g/mol. The molecule has 0 fully saturated rings. The molecule has 2 nitrogen and oxygen atoms in total. The number of nitrogens with zero attached hydrogens (tertiary/aromatic N) is 2. The molecule has 0 aromatic heterocycles. The lowest BCUT2D eigenvalue weighted by atomic mass is 10.1. The zero-order valence-electron chi connectivity index (χ0n) is 17.3. The molecule has 0 aliphatic rings. The molecule has 1 atom stereocenters. The van der Waals surface area contributed by atoms with E-state index in [1.807, 2.05) is 0 Å². The van der Waals surface area contributed by atoms with Crippen LogP contribution in [0.1, 0.15) is 46.6 Å². The van der Waals surface area contributed by atoms with Crippen molar-refractivity contribution in [2.24, 2.45) is 0 Å². The number of hydrogen-bond acceptors (Lipinski definition) is 2. The van der Waals surface area contributed by atoms with Gasteiger partial charge in [-0.05, 0) is 119 Å². The second-order valence-electron chi connectivity index (χ2n) is 7.84. The van der Waals surface area contributed by atoms with Crippen LogP contribution in [-0.2, 0) is 0 Å². The van der Waals surface area contributed by atoms with Crippen molar-refractivity contribution in [2.75, 3.05) is 11.4 Å². The van der Waals surface area contributed by atoms with E-state index in [1.54, 1.807) is 0 Å². The molecule has 1 unspecified atom stereocenters. The van der Waals surface area contributed by atoms with E-state index < -0.39 is 0 Å². The third-order valence-corrected chi connectivity index (χ3v) is 6.30. The summed E-state index contributed by atoms with van der Waals surface area (Å²) in [6.07, 6.45) is 1.12. The maximum atomic E-state index is 3.57. The predicted octanol–water partition coefficient (Wildman–Crippen LogP) is 7.40. The highest BCUT2D eigenvalue weighted by molar-refractivity contribution is 14.1. The molecule has 0 radical (unpaired) electrons. The SMILES string of the molecule is Cc1cc(I)ccc1N(c1ccc(Br)cc1)C(C)CCN(C(C)C)C(C)C. The second kappa shape index (κ2) is 10.3. The van der Waals surface area contributed by atoms with Crippen LogP contribution in [0.25, 0.3) is 0 Å². The van der Waals surface area contributed by atoms with Crippen LogP contribution in [0.15, 0.2) is 46.9 Å². The van der Waals surface area contributed by atoms with Crippen LogP contribution in [0, 0.1) is 10.5 Å². The topological polar surface area (TPSA) is 6.48 Å². The molecule has 0 aliphatic heterocycles. The van der Waals surface area contributed by atoms with Crippen molar-refractivity contribution in [3.63, 3.8) is 0 Å². The summed E-state index contributed by atoms with van der Waals surface area (Å²) in [7, 11) is 0. The fourth-order valence-corrected chi connectivity index (χ4v) is 4.61. The molecule has 2 rings (SSSR count). The molecular formula is C23H32BrIN2. The van der Waals surface area contributed by atoms with Crippen LogP contribution < -0.4 is 4.90 Å². The molecule has 0 saturated heterocycles. The van der Waals surface area contributed by atoms with Crippen LogP contribution in [0.2, 0.25) is 0 Å². The van der Waals surface area contributed by atoms with Gasteiger partial charge in [0.2, 0.25) is 0 Å². The van der Waals surface area contributed by atoms with Crippen molar-refractivity contribution < 1.29 is 0 Å². The molecule has 2 aromatic carbocycles. The lowest BCUT2D eigenvalue weighted by molar-refractivity contribution is 0.170. The molecule has 0 amide bonds. The molecule has 0 bridgehead atoms. The summed E-state index contributed by atoms with van der Waals surface area (Å²) in [5.41, 5.74) is 3.86. The summed E-state index contributed by atoms with van der Waals surface area (Å²) in [5.74, 6) is 0. The summed E-state index contributed by atoms with van der Waals surface area (Å²) in [4.78, 5) is 5.08. The standard InChI is InChI=1S/C23H32BrIN2/c1-16(2)26(17(3)4)14-13-19(6)27(22-10-7-20(24)8-11-22)23-12-9-21(25)15-18(23)5/h7-12,15-17,19H,13-14H2,1-6H3. The molecule has 0 saturated carbocycles. The quantitative estimate of drug-likeness (QED) is 0.321. The molecule has 4 heteroatoms. The molecular weight excluding hydrogens is 511 g/mol. The number of aryl methyl sites for hydroxylation is 1. The van der Waals surface area contributed by atoms with Crippen LogP contribution in [-0.4, -0.2) is 29.6 Å².